The molecule has 0 aliphatic rings. The molecule has 1 aromatic heterocycles. The summed E-state index contributed by atoms with van der Waals surface area (Å²) in [6, 6.07) is 1.72. The van der Waals surface area contributed by atoms with Gasteiger partial charge in [0.1, 0.15) is 0 Å². The second kappa shape index (κ2) is 3.03. The van der Waals surface area contributed by atoms with Crippen LogP contribution >= 0.6 is 15.9 Å². The number of hydrogen-bond acceptors (Lipinski definition) is 2. The van der Waals surface area contributed by atoms with Crippen LogP contribution in [0.1, 0.15) is 19.4 Å². The predicted octanol–water partition coefficient (Wildman–Crippen LogP) is 1.31. The van der Waals surface area contributed by atoms with Crippen LogP contribution in [0.5, 0.6) is 0 Å². The van der Waals surface area contributed by atoms with Gasteiger partial charge in [-0.2, -0.15) is 4.73 Å². The van der Waals surface area contributed by atoms with Crippen molar-refractivity contribution in [3.8, 4) is 0 Å². The van der Waals surface area contributed by atoms with E-state index in [1.54, 1.807) is 19.9 Å². The van der Waals surface area contributed by atoms with Gasteiger partial charge in [-0.05, 0) is 35.8 Å². The minimum Gasteiger partial charge on any atom is -0.619 e. The molecule has 0 bridgehead atoms. The van der Waals surface area contributed by atoms with Crippen LogP contribution in [0.25, 0.3) is 0 Å². The summed E-state index contributed by atoms with van der Waals surface area (Å²) in [7, 11) is 0. The van der Waals surface area contributed by atoms with Crippen molar-refractivity contribution in [3.63, 3.8) is 0 Å². The molecule has 12 heavy (non-hydrogen) atoms. The van der Waals surface area contributed by atoms with Crippen LogP contribution < -0.4 is 4.73 Å². The van der Waals surface area contributed by atoms with E-state index >= 15 is 0 Å². The van der Waals surface area contributed by atoms with E-state index in [0.29, 0.717) is 14.8 Å². The van der Waals surface area contributed by atoms with Crippen molar-refractivity contribution in [2.75, 3.05) is 0 Å². The number of nitrogens with zero attached hydrogens (tertiary/aromatic N) is 1. The van der Waals surface area contributed by atoms with Gasteiger partial charge in [-0.15, -0.1) is 0 Å². The number of hydrogen-bond donors (Lipinski definition) is 1. The van der Waals surface area contributed by atoms with Crippen LogP contribution in [-0.2, 0) is 5.60 Å². The zero-order valence-corrected chi connectivity index (χ0v) is 8.50. The Bertz CT molecular complexity index is 273. The van der Waals surface area contributed by atoms with Gasteiger partial charge >= 0.3 is 0 Å². The molecule has 0 fully saturated rings. The maximum atomic E-state index is 10.9. The molecule has 1 aromatic rings. The van der Waals surface area contributed by atoms with Crippen molar-refractivity contribution in [2.24, 2.45) is 0 Å². The van der Waals surface area contributed by atoms with Gasteiger partial charge in [0.2, 0.25) is 0 Å². The zero-order chi connectivity index (χ0) is 9.35. The number of pyridine rings is 1. The molecule has 0 aliphatic heterocycles. The molecule has 3 nitrogen and oxygen atoms in total. The van der Waals surface area contributed by atoms with Crippen molar-refractivity contribution < 1.29 is 9.84 Å². The Hall–Kier alpha value is -0.610. The van der Waals surface area contributed by atoms with Crippen molar-refractivity contribution in [1.29, 1.82) is 0 Å². The van der Waals surface area contributed by atoms with Crippen molar-refractivity contribution in [2.45, 2.75) is 19.4 Å². The summed E-state index contributed by atoms with van der Waals surface area (Å²) < 4.78 is 1.33. The predicted molar refractivity (Wildman–Crippen MR) is 48.3 cm³/mol. The molecule has 4 heteroatoms. The molecule has 66 valence electrons. The largest absolute Gasteiger partial charge is 0.619 e. The first kappa shape index (κ1) is 9.48. The summed E-state index contributed by atoms with van der Waals surface area (Å²) in [5.74, 6) is 0. The molecule has 1 N–H and O–H groups in total. The minimum atomic E-state index is -0.976. The van der Waals surface area contributed by atoms with E-state index in [4.69, 9.17) is 0 Å². The van der Waals surface area contributed by atoms with Gasteiger partial charge in [0.05, 0.1) is 10.1 Å². The maximum absolute atomic E-state index is 10.9. The molecule has 0 amide bonds. The third-order valence-electron chi connectivity index (χ3n) is 1.52. The van der Waals surface area contributed by atoms with Crippen LogP contribution in [0, 0.1) is 5.21 Å². The summed E-state index contributed by atoms with van der Waals surface area (Å²) in [4.78, 5) is 0. The molecule has 0 aromatic carbocycles. The first-order valence-electron chi connectivity index (χ1n) is 3.52. The number of aliphatic hydroxyl groups is 1. The van der Waals surface area contributed by atoms with E-state index in [2.05, 4.69) is 15.9 Å². The topological polar surface area (TPSA) is 47.2 Å². The molecule has 0 atom stereocenters. The summed E-state index contributed by atoms with van der Waals surface area (Å²) in [6.07, 6.45) is 2.74. The van der Waals surface area contributed by atoms with E-state index in [1.165, 1.54) is 12.4 Å². The van der Waals surface area contributed by atoms with Gasteiger partial charge in [0.25, 0.3) is 0 Å². The Kier molecular flexibility index (Phi) is 2.39. The van der Waals surface area contributed by atoms with E-state index in [1.807, 2.05) is 0 Å². The third-order valence-corrected chi connectivity index (χ3v) is 1.95. The second-order valence-corrected chi connectivity index (χ2v) is 4.08. The standard InChI is InChI=1S/C8H10BrNO2/c1-8(2,11)6-3-7(9)5-10(12)4-6/h3-5,11H,1-2H3. The summed E-state index contributed by atoms with van der Waals surface area (Å²) >= 11 is 3.17. The fourth-order valence-corrected chi connectivity index (χ4v) is 1.30. The Morgan fingerprint density at radius 2 is 2.08 bits per heavy atom. The Morgan fingerprint density at radius 1 is 1.50 bits per heavy atom. The normalized spacial score (nSPS) is 11.7. The molecule has 0 aliphatic carbocycles. The molecule has 0 unspecified atom stereocenters. The van der Waals surface area contributed by atoms with E-state index in [9.17, 15) is 10.3 Å². The highest BCUT2D eigenvalue weighted by molar-refractivity contribution is 9.10. The van der Waals surface area contributed by atoms with Gasteiger partial charge in [-0.25, -0.2) is 0 Å². The molecule has 0 saturated heterocycles. The lowest BCUT2D eigenvalue weighted by atomic mass is 10.0. The highest BCUT2D eigenvalue weighted by Gasteiger charge is 2.19. The smallest absolute Gasteiger partial charge is 0.194 e. The number of rotatable bonds is 1. The Morgan fingerprint density at radius 3 is 2.50 bits per heavy atom. The Labute approximate surface area is 79.4 Å². The Balaban J connectivity index is 3.18. The second-order valence-electron chi connectivity index (χ2n) is 3.16. The zero-order valence-electron chi connectivity index (χ0n) is 6.91. The lowest BCUT2D eigenvalue weighted by Gasteiger charge is -2.16. The minimum absolute atomic E-state index is 0.590. The van der Waals surface area contributed by atoms with Gasteiger partial charge < -0.3 is 10.3 Å². The summed E-state index contributed by atoms with van der Waals surface area (Å²) in [5, 5.41) is 20.5. The highest BCUT2D eigenvalue weighted by Crippen LogP contribution is 2.20. The van der Waals surface area contributed by atoms with Crippen molar-refractivity contribution in [3.05, 3.63) is 33.7 Å². The highest BCUT2D eigenvalue weighted by atomic mass is 79.9. The summed E-state index contributed by atoms with van der Waals surface area (Å²) in [6.45, 7) is 3.27. The summed E-state index contributed by atoms with van der Waals surface area (Å²) in [5.41, 5.74) is -0.387. The van der Waals surface area contributed by atoms with E-state index in [-0.39, 0.29) is 0 Å². The van der Waals surface area contributed by atoms with Crippen LogP contribution in [0.4, 0.5) is 0 Å². The van der Waals surface area contributed by atoms with Gasteiger partial charge in [0.15, 0.2) is 12.4 Å². The van der Waals surface area contributed by atoms with Gasteiger partial charge in [-0.3, -0.25) is 0 Å². The average molecular weight is 232 g/mol. The third kappa shape index (κ3) is 2.19. The van der Waals surface area contributed by atoms with Crippen molar-refractivity contribution in [1.82, 2.24) is 0 Å². The van der Waals surface area contributed by atoms with E-state index < -0.39 is 5.60 Å². The molecule has 0 spiro atoms. The lowest BCUT2D eigenvalue weighted by Crippen LogP contribution is -2.29. The lowest BCUT2D eigenvalue weighted by molar-refractivity contribution is -0.606. The van der Waals surface area contributed by atoms with Gasteiger partial charge in [-0.1, -0.05) is 0 Å². The van der Waals surface area contributed by atoms with Crippen LogP contribution in [0.2, 0.25) is 0 Å². The molecule has 1 rings (SSSR count). The first-order valence-corrected chi connectivity index (χ1v) is 4.31. The molecule has 0 saturated carbocycles. The van der Waals surface area contributed by atoms with Crippen molar-refractivity contribution >= 4 is 15.9 Å². The van der Waals surface area contributed by atoms with Gasteiger partial charge in [0, 0.05) is 5.56 Å². The molecular weight excluding hydrogens is 222 g/mol. The number of halogens is 1. The fraction of sp³-hybridized carbons (Fsp3) is 0.375. The average Bonchev–Trinajstić information content (AvgIpc) is 1.82. The molecule has 0 radical (unpaired) electrons. The SMILES string of the molecule is CC(C)(O)c1cc(Br)c[n+]([O-])c1. The van der Waals surface area contributed by atoms with Crippen LogP contribution in [0.15, 0.2) is 22.9 Å². The van der Waals surface area contributed by atoms with Crippen LogP contribution in [-0.4, -0.2) is 5.11 Å². The molecule has 1 heterocycles. The quantitative estimate of drug-likeness (QED) is 0.586. The first-order chi connectivity index (χ1) is 5.39. The van der Waals surface area contributed by atoms with Crippen LogP contribution in [0.3, 0.4) is 0 Å². The monoisotopic (exact) mass is 231 g/mol. The fourth-order valence-electron chi connectivity index (χ4n) is 0.854. The number of aromatic nitrogens is 1. The molecular formula is C8H10BrNO2. The van der Waals surface area contributed by atoms with E-state index in [0.717, 1.165) is 0 Å². The maximum Gasteiger partial charge on any atom is 0.194 e.